The quantitative estimate of drug-likeness (QED) is 0.166. The normalized spacial score (nSPS) is 51.4. The molecule has 0 amide bonds. The Kier molecular flexibility index (Phi) is 10.3. The Hall–Kier alpha value is -5.13. The number of rotatable bonds is 3. The monoisotopic (exact) mass is 1220 g/mol. The average molecular weight is 1230 g/mol. The van der Waals surface area contributed by atoms with Crippen LogP contribution in [-0.2, 0) is 14.4 Å². The second-order valence-corrected chi connectivity index (χ2v) is 37.0. The molecule has 0 radical (unpaired) electrons. The molecule has 0 saturated heterocycles. The maximum absolute atomic E-state index is 13.1. The minimum Gasteiger partial charge on any atom is -0.481 e. The molecule has 12 heteroatoms. The van der Waals surface area contributed by atoms with Crippen molar-refractivity contribution < 1.29 is 58.1 Å². The van der Waals surface area contributed by atoms with E-state index in [9.17, 15) is 29.7 Å². The highest BCUT2D eigenvalue weighted by Gasteiger charge is 2.79. The van der Waals surface area contributed by atoms with E-state index in [1.54, 1.807) is 0 Å². The van der Waals surface area contributed by atoms with Crippen LogP contribution < -0.4 is 28.4 Å². The number of ether oxygens (including phenoxy) is 6. The molecule has 18 atom stereocenters. The van der Waals surface area contributed by atoms with Crippen LogP contribution in [0.15, 0.2) is 36.4 Å². The fourth-order valence-corrected chi connectivity index (χ4v) is 29.6. The van der Waals surface area contributed by atoms with E-state index in [4.69, 9.17) is 28.4 Å². The molecule has 12 nitrogen and oxygen atoms in total. The van der Waals surface area contributed by atoms with Gasteiger partial charge in [0.1, 0.15) is 0 Å². The van der Waals surface area contributed by atoms with Crippen LogP contribution in [0, 0.1) is 100 Å². The number of carboxylic acids is 3. The Balaban J connectivity index is 0.723. The number of benzene rings is 4. The summed E-state index contributed by atoms with van der Waals surface area (Å²) in [5.41, 5.74) is -3.11. The summed E-state index contributed by atoms with van der Waals surface area (Å²) in [6.45, 7) is 20.7. The standard InChI is InChI=1S/C78H96O12/c1-64-25-13-58-67(4)19-10-22-70(7,61(79)80)55(67)16-28-73(58,37-64)40-76(64)85-49-31-43-44(32-50(49)86-76)46-34-52-54(90-78(88-52)42-75-30-18-57-69(6,21-12-24-72(57,9)63(83)84)60(75)15-27-66(78,3)39-75)36-48(46)47-35-53-51(33-45(43)47)87-77(89-53)41-74-29-17-56-68(5,20-11-23-71(56,8)62(81)82)59(74)14-26-65(77,2)38-74/h31-36,55-60H,10-30,37-42H2,1-9H3,(H,79,80)(H,81,82)(H,83,84)/t55-,56-,57-,58-,59-,60-,64-,65-,66-,67+,68+,69+,70+,71+,72+,73+,74+,75+,76?,77?,78?/m0/s1. The minimum atomic E-state index is -0.865. The fourth-order valence-electron chi connectivity index (χ4n) is 29.6. The largest absolute Gasteiger partial charge is 0.481 e. The lowest BCUT2D eigenvalue weighted by atomic mass is 9.40. The van der Waals surface area contributed by atoms with E-state index in [0.29, 0.717) is 17.8 Å². The number of hydrogen-bond donors (Lipinski definition) is 3. The highest BCUT2D eigenvalue weighted by molar-refractivity contribution is 6.27. The molecule has 12 saturated carbocycles. The number of aliphatic carboxylic acids is 3. The predicted octanol–water partition coefficient (Wildman–Crippen LogP) is 18.2. The van der Waals surface area contributed by atoms with Crippen LogP contribution >= 0.6 is 0 Å². The summed E-state index contributed by atoms with van der Waals surface area (Å²) in [6, 6.07) is 13.6. The summed E-state index contributed by atoms with van der Waals surface area (Å²) in [6.07, 6.45) is 25.6. The van der Waals surface area contributed by atoms with Crippen molar-refractivity contribution in [2.45, 2.75) is 253 Å². The molecular formula is C78H96O12. The van der Waals surface area contributed by atoms with Gasteiger partial charge in [0.15, 0.2) is 34.5 Å². The molecule has 480 valence electrons. The van der Waals surface area contributed by atoms with Crippen molar-refractivity contribution in [3.63, 3.8) is 0 Å². The van der Waals surface area contributed by atoms with Gasteiger partial charge in [0.2, 0.25) is 0 Å². The molecule has 19 rings (SSSR count). The molecule has 90 heavy (non-hydrogen) atoms. The van der Waals surface area contributed by atoms with Crippen LogP contribution in [0.25, 0.3) is 32.3 Å². The number of carboxylic acid groups (broad SMARTS) is 3. The van der Waals surface area contributed by atoms with Gasteiger partial charge in [-0.05, 0) is 292 Å². The van der Waals surface area contributed by atoms with Gasteiger partial charge in [-0.25, -0.2) is 0 Å². The van der Waals surface area contributed by atoms with Gasteiger partial charge in [-0.3, -0.25) is 14.4 Å². The van der Waals surface area contributed by atoms with Crippen molar-refractivity contribution >= 4 is 50.2 Å². The molecule has 0 aromatic heterocycles. The maximum Gasteiger partial charge on any atom is 0.309 e. The molecule has 3 aliphatic heterocycles. The third-order valence-corrected chi connectivity index (χ3v) is 33.3. The van der Waals surface area contributed by atoms with Crippen molar-refractivity contribution in [1.29, 1.82) is 0 Å². The second kappa shape index (κ2) is 16.5. The van der Waals surface area contributed by atoms with Crippen molar-refractivity contribution in [3.8, 4) is 34.5 Å². The lowest BCUT2D eigenvalue weighted by Gasteiger charge is -2.63. The molecule has 12 aliphatic carbocycles. The smallest absolute Gasteiger partial charge is 0.309 e. The predicted molar refractivity (Wildman–Crippen MR) is 340 cm³/mol. The van der Waals surface area contributed by atoms with Crippen molar-refractivity contribution in [2.75, 3.05) is 0 Å². The van der Waals surface area contributed by atoms with Gasteiger partial charge in [-0.1, -0.05) is 60.8 Å². The van der Waals surface area contributed by atoms with Gasteiger partial charge in [0.25, 0.3) is 17.4 Å². The molecule has 3 heterocycles. The molecule has 4 aromatic carbocycles. The summed E-state index contributed by atoms with van der Waals surface area (Å²) in [5, 5.41) is 38.7. The first-order valence-electron chi connectivity index (χ1n) is 35.8. The highest BCUT2D eigenvalue weighted by atomic mass is 16.7. The zero-order valence-corrected chi connectivity index (χ0v) is 55.0. The first kappa shape index (κ1) is 56.4. The van der Waals surface area contributed by atoms with E-state index in [1.165, 1.54) is 0 Å². The first-order valence-corrected chi connectivity index (χ1v) is 35.8. The minimum absolute atomic E-state index is 0.0137. The number of hydrogen-bond acceptors (Lipinski definition) is 9. The molecule has 6 bridgehead atoms. The van der Waals surface area contributed by atoms with E-state index < -0.39 is 51.5 Å². The lowest BCUT2D eigenvalue weighted by molar-refractivity contribution is -0.183. The molecule has 6 spiro atoms. The Bertz CT molecular complexity index is 3450. The Labute approximate surface area is 530 Å². The number of fused-ring (bicyclic) bond motifs is 21. The van der Waals surface area contributed by atoms with Crippen molar-refractivity contribution in [2.24, 2.45) is 100 Å². The zero-order valence-electron chi connectivity index (χ0n) is 55.0. The average Bonchev–Trinajstić information content (AvgIpc) is 1.48. The first-order chi connectivity index (χ1) is 42.4. The van der Waals surface area contributed by atoms with Gasteiger partial charge >= 0.3 is 17.9 Å². The molecule has 3 N–H and O–H groups in total. The van der Waals surface area contributed by atoms with Crippen molar-refractivity contribution in [3.05, 3.63) is 36.4 Å². The van der Waals surface area contributed by atoms with E-state index in [-0.39, 0.29) is 66.5 Å². The van der Waals surface area contributed by atoms with Crippen LogP contribution in [0.4, 0.5) is 0 Å². The summed E-state index contributed by atoms with van der Waals surface area (Å²) >= 11 is 0. The third kappa shape index (κ3) is 6.26. The van der Waals surface area contributed by atoms with Crippen LogP contribution in [0.2, 0.25) is 0 Å². The lowest BCUT2D eigenvalue weighted by Crippen LogP contribution is -2.58. The van der Waals surface area contributed by atoms with Crippen LogP contribution in [0.1, 0.15) is 236 Å². The number of carbonyl (C=O) groups is 3. The van der Waals surface area contributed by atoms with Gasteiger partial charge in [0, 0.05) is 35.5 Å². The summed E-state index contributed by atoms with van der Waals surface area (Å²) in [7, 11) is 0. The van der Waals surface area contributed by atoms with Gasteiger partial charge in [0.05, 0.1) is 16.2 Å². The third-order valence-electron chi connectivity index (χ3n) is 33.3. The van der Waals surface area contributed by atoms with Gasteiger partial charge in [-0.2, -0.15) is 0 Å². The molecule has 12 fully saturated rings. The van der Waals surface area contributed by atoms with Crippen molar-refractivity contribution in [1.82, 2.24) is 0 Å². The molecule has 15 aliphatic rings. The fraction of sp³-hybridized carbons (Fsp3) is 0.731. The van der Waals surface area contributed by atoms with Gasteiger partial charge < -0.3 is 43.7 Å². The van der Waals surface area contributed by atoms with Crippen LogP contribution in [-0.4, -0.2) is 50.6 Å². The molecular weight excluding hydrogens is 1130 g/mol. The molecule has 4 aromatic rings. The summed E-state index contributed by atoms with van der Waals surface area (Å²) in [5.74, 6) is 1.78. The Morgan fingerprint density at radius 1 is 0.311 bits per heavy atom. The highest BCUT2D eigenvalue weighted by Crippen LogP contribution is 2.81. The van der Waals surface area contributed by atoms with Crippen LogP contribution in [0.3, 0.4) is 0 Å². The Morgan fingerprint density at radius 2 is 0.533 bits per heavy atom. The zero-order chi connectivity index (χ0) is 62.2. The molecule has 0 unspecified atom stereocenters. The summed E-state index contributed by atoms with van der Waals surface area (Å²) in [4.78, 5) is 39.4. The SMILES string of the molecule is C[C@@]12CCC[C@@](C)(C(=O)O)[C@H]1CC[C@@]13CC4(Oc5cc6c7cc8c(cc7c7cc9c(cc7c6cc5O4)OC4(C[C@]56CC[C@H]7[C@@](C)(CCC[C@@]7(C)C(=O)O)[C@@H]5CC[C@@]4(C)C6)O9)OC4(C[C@]56CC[C@H]7[C@@](C)(CCC[C@@]7(C)C(=O)O)[C@@H]5CC[C@@]4(C)C6)O8)[C@@](C)(CC[C@H]12)C3. The summed E-state index contributed by atoms with van der Waals surface area (Å²) < 4.78 is 45.6. The van der Waals surface area contributed by atoms with E-state index >= 15 is 0 Å². The van der Waals surface area contributed by atoms with E-state index in [0.717, 1.165) is 240 Å². The van der Waals surface area contributed by atoms with Crippen LogP contribution in [0.5, 0.6) is 34.5 Å². The second-order valence-electron chi connectivity index (χ2n) is 37.0. The van der Waals surface area contributed by atoms with E-state index in [1.807, 2.05) is 20.8 Å². The van der Waals surface area contributed by atoms with E-state index in [2.05, 4.69) is 77.9 Å². The topological polar surface area (TPSA) is 167 Å². The maximum atomic E-state index is 13.1. The van der Waals surface area contributed by atoms with Gasteiger partial charge in [-0.15, -0.1) is 0 Å². The Morgan fingerprint density at radius 3 is 0.756 bits per heavy atom.